The number of nitrogens with zero attached hydrogens (tertiary/aromatic N) is 1. The van der Waals surface area contributed by atoms with Crippen molar-refractivity contribution in [3.8, 4) is 0 Å². The Morgan fingerprint density at radius 1 is 1.35 bits per heavy atom. The fourth-order valence-corrected chi connectivity index (χ4v) is 2.59. The quantitative estimate of drug-likeness (QED) is 0.801. The third kappa shape index (κ3) is 5.65. The number of amides is 1. The Kier molecular flexibility index (Phi) is 7.15. The van der Waals surface area contributed by atoms with Crippen LogP contribution in [-0.4, -0.2) is 41.2 Å². The van der Waals surface area contributed by atoms with E-state index in [1.165, 1.54) is 11.8 Å². The highest BCUT2D eigenvalue weighted by Gasteiger charge is 2.08. The predicted molar refractivity (Wildman–Crippen MR) is 82.1 cm³/mol. The van der Waals surface area contributed by atoms with E-state index in [0.717, 1.165) is 24.9 Å². The zero-order valence-corrected chi connectivity index (χ0v) is 12.8. The summed E-state index contributed by atoms with van der Waals surface area (Å²) >= 11 is 1.51. The number of carbonyl (C=O) groups is 2. The van der Waals surface area contributed by atoms with Crippen molar-refractivity contribution in [2.75, 3.05) is 19.3 Å². The minimum atomic E-state index is -0.924. The van der Waals surface area contributed by atoms with Crippen molar-refractivity contribution in [3.05, 3.63) is 35.4 Å². The molecule has 0 aliphatic heterocycles. The first-order valence-corrected chi connectivity index (χ1v) is 7.84. The van der Waals surface area contributed by atoms with E-state index >= 15 is 0 Å². The van der Waals surface area contributed by atoms with Gasteiger partial charge in [-0.05, 0) is 24.1 Å². The molecule has 1 aromatic rings. The Morgan fingerprint density at radius 3 is 2.75 bits per heavy atom. The van der Waals surface area contributed by atoms with E-state index < -0.39 is 5.97 Å². The molecule has 0 saturated heterocycles. The van der Waals surface area contributed by atoms with Crippen LogP contribution < -0.4 is 0 Å². The first-order chi connectivity index (χ1) is 9.54. The standard InChI is InChI=1S/C15H21NO3S/c1-3-4-8-16(2)14(17)11-20-10-12-6-5-7-13(9-12)15(18)19/h5-7,9H,3-4,8,10-11H2,1-2H3,(H,18,19). The van der Waals surface area contributed by atoms with Gasteiger partial charge in [-0.15, -0.1) is 11.8 Å². The number of aromatic carboxylic acids is 1. The molecule has 5 heteroatoms. The number of thioether (sulfide) groups is 1. The Labute approximate surface area is 124 Å². The van der Waals surface area contributed by atoms with E-state index in [1.54, 1.807) is 23.1 Å². The molecule has 1 N–H and O–H groups in total. The minimum Gasteiger partial charge on any atom is -0.478 e. The Balaban J connectivity index is 2.38. The number of carboxylic acids is 1. The highest BCUT2D eigenvalue weighted by Crippen LogP contribution is 2.14. The third-order valence-electron chi connectivity index (χ3n) is 2.94. The van der Waals surface area contributed by atoms with Crippen LogP contribution in [0.5, 0.6) is 0 Å². The van der Waals surface area contributed by atoms with Crippen LogP contribution in [-0.2, 0) is 10.5 Å². The fourth-order valence-electron chi connectivity index (χ4n) is 1.68. The maximum atomic E-state index is 11.8. The lowest BCUT2D eigenvalue weighted by molar-refractivity contribution is -0.127. The molecule has 0 unspecified atom stereocenters. The molecule has 0 heterocycles. The first kappa shape index (κ1) is 16.6. The number of hydrogen-bond donors (Lipinski definition) is 1. The summed E-state index contributed by atoms with van der Waals surface area (Å²) in [5.41, 5.74) is 1.22. The Morgan fingerprint density at radius 2 is 2.10 bits per heavy atom. The lowest BCUT2D eigenvalue weighted by Gasteiger charge is -2.16. The van der Waals surface area contributed by atoms with Crippen molar-refractivity contribution >= 4 is 23.6 Å². The van der Waals surface area contributed by atoms with Gasteiger partial charge >= 0.3 is 5.97 Å². The average Bonchev–Trinajstić information content (AvgIpc) is 2.44. The second kappa shape index (κ2) is 8.64. The van der Waals surface area contributed by atoms with E-state index in [1.807, 2.05) is 13.1 Å². The number of benzene rings is 1. The van der Waals surface area contributed by atoms with Crippen LogP contribution in [0.1, 0.15) is 35.7 Å². The molecule has 0 aliphatic carbocycles. The fraction of sp³-hybridized carbons (Fsp3) is 0.467. The zero-order chi connectivity index (χ0) is 15.0. The van der Waals surface area contributed by atoms with Gasteiger partial charge in [0.2, 0.25) is 5.91 Å². The Bertz CT molecular complexity index is 462. The molecule has 1 rings (SSSR count). The van der Waals surface area contributed by atoms with Gasteiger partial charge in [-0.2, -0.15) is 0 Å². The molecule has 1 amide bonds. The van der Waals surface area contributed by atoms with Gasteiger partial charge in [0.1, 0.15) is 0 Å². The number of hydrogen-bond acceptors (Lipinski definition) is 3. The molecular formula is C15H21NO3S. The van der Waals surface area contributed by atoms with Crippen molar-refractivity contribution in [2.24, 2.45) is 0 Å². The second-order valence-corrected chi connectivity index (χ2v) is 5.65. The van der Waals surface area contributed by atoms with E-state index in [-0.39, 0.29) is 11.5 Å². The van der Waals surface area contributed by atoms with Gasteiger partial charge in [0.15, 0.2) is 0 Å². The zero-order valence-electron chi connectivity index (χ0n) is 12.0. The molecule has 110 valence electrons. The molecule has 0 bridgehead atoms. The summed E-state index contributed by atoms with van der Waals surface area (Å²) in [4.78, 5) is 24.4. The second-order valence-electron chi connectivity index (χ2n) is 4.67. The summed E-state index contributed by atoms with van der Waals surface area (Å²) in [5, 5.41) is 8.91. The normalized spacial score (nSPS) is 10.3. The maximum absolute atomic E-state index is 11.8. The molecule has 0 spiro atoms. The number of carbonyl (C=O) groups excluding carboxylic acids is 1. The molecule has 0 aliphatic rings. The van der Waals surface area contributed by atoms with Crippen LogP contribution >= 0.6 is 11.8 Å². The number of carboxylic acid groups (broad SMARTS) is 1. The highest BCUT2D eigenvalue weighted by molar-refractivity contribution is 7.99. The van der Waals surface area contributed by atoms with Crippen LogP contribution in [0, 0.1) is 0 Å². The lowest BCUT2D eigenvalue weighted by Crippen LogP contribution is -2.29. The van der Waals surface area contributed by atoms with Crippen molar-refractivity contribution in [1.29, 1.82) is 0 Å². The third-order valence-corrected chi connectivity index (χ3v) is 3.93. The largest absolute Gasteiger partial charge is 0.478 e. The summed E-state index contributed by atoms with van der Waals surface area (Å²) in [6.07, 6.45) is 2.10. The van der Waals surface area contributed by atoms with Gasteiger partial charge in [-0.1, -0.05) is 25.5 Å². The summed E-state index contributed by atoms with van der Waals surface area (Å²) in [5.74, 6) is 0.275. The molecular weight excluding hydrogens is 274 g/mol. The van der Waals surface area contributed by atoms with Gasteiger partial charge < -0.3 is 10.0 Å². The van der Waals surface area contributed by atoms with Crippen LogP contribution in [0.15, 0.2) is 24.3 Å². The molecule has 0 aromatic heterocycles. The van der Waals surface area contributed by atoms with E-state index in [9.17, 15) is 9.59 Å². The van der Waals surface area contributed by atoms with Crippen molar-refractivity contribution in [2.45, 2.75) is 25.5 Å². The van der Waals surface area contributed by atoms with Gasteiger partial charge in [0, 0.05) is 19.3 Å². The molecule has 0 saturated carbocycles. The van der Waals surface area contributed by atoms with Gasteiger partial charge in [-0.3, -0.25) is 4.79 Å². The minimum absolute atomic E-state index is 0.123. The van der Waals surface area contributed by atoms with Gasteiger partial charge in [0.05, 0.1) is 11.3 Å². The molecule has 4 nitrogen and oxygen atoms in total. The lowest BCUT2D eigenvalue weighted by atomic mass is 10.1. The monoisotopic (exact) mass is 295 g/mol. The van der Waals surface area contributed by atoms with Gasteiger partial charge in [-0.25, -0.2) is 4.79 Å². The molecule has 0 atom stereocenters. The smallest absolute Gasteiger partial charge is 0.335 e. The summed E-state index contributed by atoms with van der Waals surface area (Å²) < 4.78 is 0. The topological polar surface area (TPSA) is 57.6 Å². The molecule has 20 heavy (non-hydrogen) atoms. The SMILES string of the molecule is CCCCN(C)C(=O)CSCc1cccc(C(=O)O)c1. The number of unbranched alkanes of at least 4 members (excludes halogenated alkanes) is 1. The van der Waals surface area contributed by atoms with Crippen LogP contribution in [0.3, 0.4) is 0 Å². The predicted octanol–water partition coefficient (Wildman–Crippen LogP) is 2.88. The van der Waals surface area contributed by atoms with Crippen molar-refractivity contribution < 1.29 is 14.7 Å². The average molecular weight is 295 g/mol. The summed E-state index contributed by atoms with van der Waals surface area (Å²) in [6.45, 7) is 2.90. The molecule has 1 aromatic carbocycles. The van der Waals surface area contributed by atoms with E-state index in [2.05, 4.69) is 6.92 Å². The number of rotatable bonds is 8. The maximum Gasteiger partial charge on any atom is 0.335 e. The van der Waals surface area contributed by atoms with Crippen molar-refractivity contribution in [3.63, 3.8) is 0 Å². The van der Waals surface area contributed by atoms with E-state index in [4.69, 9.17) is 5.11 Å². The van der Waals surface area contributed by atoms with Crippen LogP contribution in [0.2, 0.25) is 0 Å². The summed E-state index contributed by atoms with van der Waals surface area (Å²) in [7, 11) is 1.82. The van der Waals surface area contributed by atoms with Gasteiger partial charge in [0.25, 0.3) is 0 Å². The molecule has 0 fully saturated rings. The summed E-state index contributed by atoms with van der Waals surface area (Å²) in [6, 6.07) is 6.83. The highest BCUT2D eigenvalue weighted by atomic mass is 32.2. The van der Waals surface area contributed by atoms with Crippen LogP contribution in [0.25, 0.3) is 0 Å². The Hall–Kier alpha value is -1.49. The first-order valence-electron chi connectivity index (χ1n) is 6.68. The van der Waals surface area contributed by atoms with Crippen LogP contribution in [0.4, 0.5) is 0 Å². The van der Waals surface area contributed by atoms with E-state index in [0.29, 0.717) is 11.5 Å². The molecule has 0 radical (unpaired) electrons. The van der Waals surface area contributed by atoms with Crippen molar-refractivity contribution in [1.82, 2.24) is 4.90 Å².